The molecule has 3 aromatic carbocycles. The van der Waals surface area contributed by atoms with Gasteiger partial charge in [-0.25, -0.2) is 14.1 Å². The van der Waals surface area contributed by atoms with E-state index in [-0.39, 0.29) is 31.5 Å². The molecule has 2 heterocycles. The number of carbonyl (C=O) groups is 1. The highest BCUT2D eigenvalue weighted by Crippen LogP contribution is 2.37. The van der Waals surface area contributed by atoms with Gasteiger partial charge >= 0.3 is 0 Å². The minimum Gasteiger partial charge on any atom is -0.497 e. The SMILES string of the molecule is COc1cc(NC(C(=O)N2CCc3cc(CO)c(C)cc32)c2ccc(F)cc2OCCO)cc(-n2cncn2)c1. The summed E-state index contributed by atoms with van der Waals surface area (Å²) in [5.74, 6) is -0.140. The lowest BCUT2D eigenvalue weighted by Gasteiger charge is -2.28. The Kier molecular flexibility index (Phi) is 7.94. The van der Waals surface area contributed by atoms with Crippen LogP contribution in [-0.2, 0) is 17.8 Å². The topological polar surface area (TPSA) is 122 Å². The molecule has 11 heteroatoms. The van der Waals surface area contributed by atoms with Crippen LogP contribution >= 0.6 is 0 Å². The van der Waals surface area contributed by atoms with Gasteiger partial charge < -0.3 is 29.9 Å². The maximum Gasteiger partial charge on any atom is 0.254 e. The zero-order valence-electron chi connectivity index (χ0n) is 22.2. The molecule has 1 amide bonds. The fourth-order valence-electron chi connectivity index (χ4n) is 4.87. The van der Waals surface area contributed by atoms with Crippen LogP contribution in [0.2, 0.25) is 0 Å². The lowest BCUT2D eigenvalue weighted by atomic mass is 10.0. The van der Waals surface area contributed by atoms with Crippen LogP contribution in [0.5, 0.6) is 11.5 Å². The van der Waals surface area contributed by atoms with Gasteiger partial charge in [0.1, 0.15) is 42.6 Å². The number of fused-ring (bicyclic) bond motifs is 1. The van der Waals surface area contributed by atoms with Gasteiger partial charge in [-0.1, -0.05) is 6.07 Å². The molecule has 3 N–H and O–H groups in total. The highest BCUT2D eigenvalue weighted by Gasteiger charge is 2.34. The van der Waals surface area contributed by atoms with E-state index in [0.29, 0.717) is 35.7 Å². The summed E-state index contributed by atoms with van der Waals surface area (Å²) in [6, 6.07) is 12.1. The van der Waals surface area contributed by atoms with E-state index in [9.17, 15) is 19.4 Å². The van der Waals surface area contributed by atoms with Gasteiger partial charge in [-0.2, -0.15) is 5.10 Å². The molecule has 0 fully saturated rings. The van der Waals surface area contributed by atoms with Gasteiger partial charge in [0.15, 0.2) is 0 Å². The van der Waals surface area contributed by atoms with E-state index < -0.39 is 11.9 Å². The smallest absolute Gasteiger partial charge is 0.254 e. The molecule has 4 aromatic rings. The number of nitrogens with zero attached hydrogens (tertiary/aromatic N) is 4. The molecular weight excluding hydrogens is 517 g/mol. The van der Waals surface area contributed by atoms with E-state index in [1.807, 2.05) is 19.1 Å². The molecule has 1 atom stereocenters. The van der Waals surface area contributed by atoms with E-state index in [1.54, 1.807) is 34.1 Å². The highest BCUT2D eigenvalue weighted by atomic mass is 19.1. The van der Waals surface area contributed by atoms with Crippen LogP contribution in [0.3, 0.4) is 0 Å². The summed E-state index contributed by atoms with van der Waals surface area (Å²) in [5, 5.41) is 26.6. The van der Waals surface area contributed by atoms with Crippen molar-refractivity contribution in [1.29, 1.82) is 0 Å². The summed E-state index contributed by atoms with van der Waals surface area (Å²) in [7, 11) is 1.54. The largest absolute Gasteiger partial charge is 0.497 e. The minimum absolute atomic E-state index is 0.0668. The quantitative estimate of drug-likeness (QED) is 0.277. The van der Waals surface area contributed by atoms with E-state index >= 15 is 0 Å². The Morgan fingerprint density at radius 3 is 2.75 bits per heavy atom. The summed E-state index contributed by atoms with van der Waals surface area (Å²) in [6.07, 6.45) is 3.59. The number of anilines is 2. The van der Waals surface area contributed by atoms with Crippen LogP contribution in [0.15, 0.2) is 61.2 Å². The fourth-order valence-corrected chi connectivity index (χ4v) is 4.87. The van der Waals surface area contributed by atoms with Crippen LogP contribution in [0.1, 0.15) is 28.3 Å². The van der Waals surface area contributed by atoms with E-state index in [0.717, 1.165) is 22.4 Å². The van der Waals surface area contributed by atoms with Crippen molar-refractivity contribution in [2.75, 3.05) is 37.1 Å². The monoisotopic (exact) mass is 547 g/mol. The Hall–Kier alpha value is -4.48. The third-order valence-corrected chi connectivity index (χ3v) is 6.87. The Labute approximate surface area is 230 Å². The van der Waals surface area contributed by atoms with Gasteiger partial charge in [0.05, 0.1) is 26.0 Å². The molecule has 10 nitrogen and oxygen atoms in total. The minimum atomic E-state index is -0.992. The summed E-state index contributed by atoms with van der Waals surface area (Å²) < 4.78 is 27.0. The maximum absolute atomic E-state index is 14.3. The summed E-state index contributed by atoms with van der Waals surface area (Å²) in [5.41, 5.74) is 5.03. The zero-order valence-corrected chi connectivity index (χ0v) is 22.2. The van der Waals surface area contributed by atoms with Crippen LogP contribution in [0.25, 0.3) is 5.69 Å². The number of amides is 1. The molecule has 0 aliphatic carbocycles. The summed E-state index contributed by atoms with van der Waals surface area (Å²) in [4.78, 5) is 20.0. The number of aliphatic hydroxyl groups is 2. The molecule has 0 saturated heterocycles. The van der Waals surface area contributed by atoms with Crippen LogP contribution in [0, 0.1) is 12.7 Å². The lowest BCUT2D eigenvalue weighted by molar-refractivity contribution is -0.119. The molecule has 40 heavy (non-hydrogen) atoms. The van der Waals surface area contributed by atoms with Crippen LogP contribution in [0.4, 0.5) is 15.8 Å². The van der Waals surface area contributed by atoms with Crippen molar-refractivity contribution in [3.05, 3.63) is 89.3 Å². The Morgan fingerprint density at radius 1 is 1.18 bits per heavy atom. The average molecular weight is 548 g/mol. The van der Waals surface area contributed by atoms with Crippen molar-refractivity contribution < 1.29 is 28.9 Å². The fraction of sp³-hybridized carbons (Fsp3) is 0.276. The van der Waals surface area contributed by atoms with Crippen molar-refractivity contribution in [1.82, 2.24) is 14.8 Å². The number of hydrogen-bond acceptors (Lipinski definition) is 8. The first kappa shape index (κ1) is 27.1. The summed E-state index contributed by atoms with van der Waals surface area (Å²) in [6.45, 7) is 1.92. The molecule has 1 aliphatic heterocycles. The number of rotatable bonds is 10. The molecular formula is C29H30FN5O5. The van der Waals surface area contributed by atoms with Crippen molar-refractivity contribution in [2.45, 2.75) is 26.0 Å². The van der Waals surface area contributed by atoms with Gasteiger partial charge in [0.2, 0.25) is 0 Å². The van der Waals surface area contributed by atoms with E-state index in [1.165, 1.54) is 31.6 Å². The second kappa shape index (κ2) is 11.7. The van der Waals surface area contributed by atoms with Gasteiger partial charge in [-0.3, -0.25) is 4.79 Å². The third-order valence-electron chi connectivity index (χ3n) is 6.87. The van der Waals surface area contributed by atoms with Crippen LogP contribution < -0.4 is 19.7 Å². The Morgan fingerprint density at radius 2 is 2.02 bits per heavy atom. The number of benzene rings is 3. The molecule has 0 saturated carbocycles. The average Bonchev–Trinajstić information content (AvgIpc) is 3.64. The number of methoxy groups -OCH3 is 1. The predicted octanol–water partition coefficient (Wildman–Crippen LogP) is 3.33. The highest BCUT2D eigenvalue weighted by molar-refractivity contribution is 6.01. The maximum atomic E-state index is 14.3. The molecule has 1 unspecified atom stereocenters. The van der Waals surface area contributed by atoms with Crippen molar-refractivity contribution in [3.8, 4) is 17.2 Å². The molecule has 208 valence electrons. The second-order valence-corrected chi connectivity index (χ2v) is 9.40. The molecule has 0 radical (unpaired) electrons. The standard InChI is InChI=1S/C29H30FN5O5/c1-18-9-26-19(10-20(18)15-37)5-6-34(26)29(38)28(25-4-3-21(30)11-27(25)40-8-7-36)33-22-12-23(14-24(13-22)39-2)35-17-31-16-32-35/h3-4,9-14,16-17,28,33,36-37H,5-8,15H2,1-2H3. The molecule has 5 rings (SSSR count). The number of aliphatic hydroxyl groups excluding tert-OH is 2. The van der Waals surface area contributed by atoms with Crippen molar-refractivity contribution in [2.24, 2.45) is 0 Å². The van der Waals surface area contributed by atoms with Crippen LogP contribution in [-0.4, -0.2) is 57.8 Å². The third kappa shape index (κ3) is 5.47. The predicted molar refractivity (Wildman–Crippen MR) is 146 cm³/mol. The number of ether oxygens (including phenoxy) is 2. The van der Waals surface area contributed by atoms with E-state index in [4.69, 9.17) is 9.47 Å². The molecule has 1 aliphatic rings. The number of halogens is 1. The number of aromatic nitrogens is 3. The first-order valence-electron chi connectivity index (χ1n) is 12.8. The van der Waals surface area contributed by atoms with Crippen molar-refractivity contribution >= 4 is 17.3 Å². The number of hydrogen-bond donors (Lipinski definition) is 3. The zero-order chi connectivity index (χ0) is 28.2. The molecule has 1 aromatic heterocycles. The van der Waals surface area contributed by atoms with E-state index in [2.05, 4.69) is 15.4 Å². The van der Waals surface area contributed by atoms with Gasteiger partial charge in [-0.15, -0.1) is 0 Å². The first-order valence-corrected chi connectivity index (χ1v) is 12.8. The number of nitrogens with one attached hydrogen (secondary N) is 1. The van der Waals surface area contributed by atoms with Gasteiger partial charge in [-0.05, 0) is 54.3 Å². The Bertz CT molecular complexity index is 1510. The Balaban J connectivity index is 1.59. The van der Waals surface area contributed by atoms with Gasteiger partial charge in [0, 0.05) is 41.7 Å². The normalized spacial score (nSPS) is 13.2. The van der Waals surface area contributed by atoms with Crippen molar-refractivity contribution in [3.63, 3.8) is 0 Å². The number of aryl methyl sites for hydroxylation is 1. The number of carbonyl (C=O) groups excluding carboxylic acids is 1. The molecule has 0 bridgehead atoms. The van der Waals surface area contributed by atoms with Gasteiger partial charge in [0.25, 0.3) is 5.91 Å². The summed E-state index contributed by atoms with van der Waals surface area (Å²) >= 11 is 0. The first-order chi connectivity index (χ1) is 19.4. The second-order valence-electron chi connectivity index (χ2n) is 9.40. The lowest BCUT2D eigenvalue weighted by Crippen LogP contribution is -2.37. The molecule has 0 spiro atoms.